The fourth-order valence-electron chi connectivity index (χ4n) is 2.40. The molecule has 3 N–H and O–H groups in total. The summed E-state index contributed by atoms with van der Waals surface area (Å²) < 4.78 is 0. The molecule has 1 aromatic rings. The average Bonchev–Trinajstić information content (AvgIpc) is 2.74. The summed E-state index contributed by atoms with van der Waals surface area (Å²) >= 11 is 0. The predicted octanol–water partition coefficient (Wildman–Crippen LogP) is 1.23. The summed E-state index contributed by atoms with van der Waals surface area (Å²) in [5.41, 5.74) is 6.94. The highest BCUT2D eigenvalue weighted by molar-refractivity contribution is 5.04. The van der Waals surface area contributed by atoms with Gasteiger partial charge >= 0.3 is 0 Å². The Hall–Kier alpha value is -0.800. The monoisotopic (exact) mass is 207 g/mol. The van der Waals surface area contributed by atoms with Crippen LogP contribution in [0.2, 0.25) is 0 Å². The Labute approximate surface area is 91.7 Å². The van der Waals surface area contributed by atoms with Crippen molar-refractivity contribution in [2.75, 3.05) is 26.2 Å². The van der Waals surface area contributed by atoms with Crippen LogP contribution in [0.3, 0.4) is 0 Å². The van der Waals surface area contributed by atoms with Crippen molar-refractivity contribution in [3.63, 3.8) is 0 Å². The number of rotatable bonds is 4. The summed E-state index contributed by atoms with van der Waals surface area (Å²) in [6, 6.07) is 4.27. The van der Waals surface area contributed by atoms with E-state index in [1.54, 1.807) is 0 Å². The fraction of sp³-hybridized carbons (Fsp3) is 0.667. The number of nitrogens with one attached hydrogen (secondary N) is 1. The van der Waals surface area contributed by atoms with Crippen LogP contribution >= 0.6 is 0 Å². The molecule has 1 saturated heterocycles. The van der Waals surface area contributed by atoms with E-state index in [0.717, 1.165) is 19.0 Å². The summed E-state index contributed by atoms with van der Waals surface area (Å²) in [5.74, 6) is 0.859. The Morgan fingerprint density at radius 3 is 2.80 bits per heavy atom. The van der Waals surface area contributed by atoms with Crippen LogP contribution in [0.15, 0.2) is 18.3 Å². The Morgan fingerprint density at radius 2 is 2.20 bits per heavy atom. The smallest absolute Gasteiger partial charge is 0.0149 e. The van der Waals surface area contributed by atoms with Gasteiger partial charge in [-0.2, -0.15) is 0 Å². The maximum Gasteiger partial charge on any atom is 0.0149 e. The zero-order chi connectivity index (χ0) is 10.5. The number of piperidine rings is 1. The van der Waals surface area contributed by atoms with Crippen molar-refractivity contribution < 1.29 is 0 Å². The first-order valence-corrected chi connectivity index (χ1v) is 5.93. The van der Waals surface area contributed by atoms with E-state index in [-0.39, 0.29) is 0 Å². The van der Waals surface area contributed by atoms with Crippen LogP contribution in [-0.4, -0.2) is 36.1 Å². The molecule has 0 radical (unpaired) electrons. The van der Waals surface area contributed by atoms with Gasteiger partial charge in [0.2, 0.25) is 0 Å². The molecule has 0 unspecified atom stereocenters. The largest absolute Gasteiger partial charge is 0.365 e. The van der Waals surface area contributed by atoms with E-state index in [1.165, 1.54) is 38.0 Å². The molecular weight excluding hydrogens is 186 g/mol. The summed E-state index contributed by atoms with van der Waals surface area (Å²) in [6.07, 6.45) is 5.86. The van der Waals surface area contributed by atoms with E-state index in [0.29, 0.717) is 0 Å². The van der Waals surface area contributed by atoms with E-state index in [9.17, 15) is 0 Å². The van der Waals surface area contributed by atoms with Crippen molar-refractivity contribution in [3.05, 3.63) is 24.0 Å². The third-order valence-corrected chi connectivity index (χ3v) is 3.32. The molecule has 15 heavy (non-hydrogen) atoms. The molecule has 0 bridgehead atoms. The summed E-state index contributed by atoms with van der Waals surface area (Å²) in [7, 11) is 0. The number of aromatic amines is 1. The van der Waals surface area contributed by atoms with Crippen LogP contribution < -0.4 is 5.73 Å². The second-order valence-corrected chi connectivity index (χ2v) is 4.47. The number of aromatic nitrogens is 1. The molecule has 3 nitrogen and oxygen atoms in total. The van der Waals surface area contributed by atoms with E-state index >= 15 is 0 Å². The summed E-state index contributed by atoms with van der Waals surface area (Å²) in [5, 5.41) is 0. The molecule has 1 fully saturated rings. The number of nitrogens with zero attached hydrogens (tertiary/aromatic N) is 1. The van der Waals surface area contributed by atoms with Gasteiger partial charge in [-0.3, -0.25) is 0 Å². The molecule has 84 valence electrons. The molecule has 2 heterocycles. The lowest BCUT2D eigenvalue weighted by Crippen LogP contribution is -2.37. The van der Waals surface area contributed by atoms with Crippen LogP contribution in [0.4, 0.5) is 0 Å². The third-order valence-electron chi connectivity index (χ3n) is 3.32. The summed E-state index contributed by atoms with van der Waals surface area (Å²) in [4.78, 5) is 5.76. The molecule has 1 aliphatic rings. The van der Waals surface area contributed by atoms with Crippen molar-refractivity contribution in [3.8, 4) is 0 Å². The quantitative estimate of drug-likeness (QED) is 0.780. The number of H-pyrrole nitrogens is 1. The Bertz CT molecular complexity index is 260. The van der Waals surface area contributed by atoms with Crippen molar-refractivity contribution in [2.24, 2.45) is 11.7 Å². The van der Waals surface area contributed by atoms with E-state index in [4.69, 9.17) is 5.73 Å². The van der Waals surface area contributed by atoms with E-state index in [1.807, 2.05) is 6.20 Å². The number of likely N-dealkylation sites (tertiary alicyclic amines) is 1. The highest BCUT2D eigenvalue weighted by Gasteiger charge is 2.18. The molecule has 0 spiro atoms. The molecule has 0 amide bonds. The molecule has 1 aromatic heterocycles. The van der Waals surface area contributed by atoms with Crippen LogP contribution in [0, 0.1) is 5.92 Å². The van der Waals surface area contributed by atoms with Gasteiger partial charge in [0.25, 0.3) is 0 Å². The van der Waals surface area contributed by atoms with Crippen LogP contribution in [0.1, 0.15) is 18.5 Å². The molecule has 3 heteroatoms. The highest BCUT2D eigenvalue weighted by atomic mass is 15.1. The first-order chi connectivity index (χ1) is 7.38. The molecule has 0 aliphatic carbocycles. The van der Waals surface area contributed by atoms with Crippen LogP contribution in [-0.2, 0) is 6.42 Å². The first-order valence-electron chi connectivity index (χ1n) is 5.93. The summed E-state index contributed by atoms with van der Waals surface area (Å²) in [6.45, 7) is 4.31. The number of nitrogens with two attached hydrogens (primary N) is 1. The van der Waals surface area contributed by atoms with Gasteiger partial charge in [0.15, 0.2) is 0 Å². The normalized spacial score (nSPS) is 19.5. The molecule has 1 aliphatic heterocycles. The Morgan fingerprint density at radius 1 is 1.40 bits per heavy atom. The van der Waals surface area contributed by atoms with Crippen molar-refractivity contribution in [2.45, 2.75) is 19.3 Å². The molecule has 0 aromatic carbocycles. The van der Waals surface area contributed by atoms with Crippen molar-refractivity contribution >= 4 is 0 Å². The predicted molar refractivity (Wildman–Crippen MR) is 62.7 cm³/mol. The zero-order valence-electron chi connectivity index (χ0n) is 9.28. The maximum absolute atomic E-state index is 5.56. The first kappa shape index (κ1) is 10.7. The molecular formula is C12H21N3. The topological polar surface area (TPSA) is 45.0 Å². The van der Waals surface area contributed by atoms with E-state index < -0.39 is 0 Å². The van der Waals surface area contributed by atoms with Crippen LogP contribution in [0.25, 0.3) is 0 Å². The van der Waals surface area contributed by atoms with Gasteiger partial charge in [-0.15, -0.1) is 0 Å². The Balaban J connectivity index is 1.74. The second kappa shape index (κ2) is 5.33. The fourth-order valence-corrected chi connectivity index (χ4v) is 2.40. The molecule has 0 atom stereocenters. The zero-order valence-corrected chi connectivity index (χ0v) is 9.28. The van der Waals surface area contributed by atoms with Gasteiger partial charge in [-0.05, 0) is 50.4 Å². The van der Waals surface area contributed by atoms with Gasteiger partial charge in [-0.1, -0.05) is 0 Å². The van der Waals surface area contributed by atoms with Crippen molar-refractivity contribution in [1.29, 1.82) is 0 Å². The standard InChI is InChI=1S/C12H21N3/c13-5-9-15-7-3-11(4-8-15)10-12-2-1-6-14-12/h1-2,6,11,14H,3-5,7-10,13H2. The van der Waals surface area contributed by atoms with Gasteiger partial charge < -0.3 is 15.6 Å². The lowest BCUT2D eigenvalue weighted by Gasteiger charge is -2.31. The minimum absolute atomic E-state index is 0.793. The third kappa shape index (κ3) is 3.08. The Kier molecular flexibility index (Phi) is 3.80. The average molecular weight is 207 g/mol. The van der Waals surface area contributed by atoms with Gasteiger partial charge in [-0.25, -0.2) is 0 Å². The van der Waals surface area contributed by atoms with Crippen molar-refractivity contribution in [1.82, 2.24) is 9.88 Å². The minimum atomic E-state index is 0.793. The number of hydrogen-bond donors (Lipinski definition) is 2. The minimum Gasteiger partial charge on any atom is -0.365 e. The van der Waals surface area contributed by atoms with Gasteiger partial charge in [0.1, 0.15) is 0 Å². The van der Waals surface area contributed by atoms with Crippen LogP contribution in [0.5, 0.6) is 0 Å². The maximum atomic E-state index is 5.56. The molecule has 0 saturated carbocycles. The second-order valence-electron chi connectivity index (χ2n) is 4.47. The lowest BCUT2D eigenvalue weighted by atomic mass is 9.92. The number of hydrogen-bond acceptors (Lipinski definition) is 2. The SMILES string of the molecule is NCCN1CCC(Cc2ccc[nH]2)CC1. The highest BCUT2D eigenvalue weighted by Crippen LogP contribution is 2.20. The van der Waals surface area contributed by atoms with E-state index in [2.05, 4.69) is 22.0 Å². The van der Waals surface area contributed by atoms with Gasteiger partial charge in [0.05, 0.1) is 0 Å². The van der Waals surface area contributed by atoms with Gasteiger partial charge in [0, 0.05) is 25.0 Å². The molecule has 2 rings (SSSR count). The lowest BCUT2D eigenvalue weighted by molar-refractivity contribution is 0.188.